The Kier molecular flexibility index (Phi) is 4.99. The minimum atomic E-state index is 0.153. The van der Waals surface area contributed by atoms with Gasteiger partial charge in [0.15, 0.2) is 0 Å². The molecule has 0 spiro atoms. The summed E-state index contributed by atoms with van der Waals surface area (Å²) in [6.45, 7) is 7.59. The first kappa shape index (κ1) is 14.5. The molecule has 0 radical (unpaired) electrons. The molecule has 1 unspecified atom stereocenters. The number of halogens is 1. The molecule has 0 aliphatic carbocycles. The maximum Gasteiger partial charge on any atom is 0.0406 e. The minimum Gasteiger partial charge on any atom is -0.308 e. The van der Waals surface area contributed by atoms with Crippen molar-refractivity contribution in [2.24, 2.45) is 0 Å². The van der Waals surface area contributed by atoms with Gasteiger partial charge in [-0.1, -0.05) is 23.7 Å². The van der Waals surface area contributed by atoms with Crippen LogP contribution in [0.4, 0.5) is 0 Å². The summed E-state index contributed by atoms with van der Waals surface area (Å²) in [4.78, 5) is 2.23. The van der Waals surface area contributed by atoms with E-state index in [9.17, 15) is 0 Å². The van der Waals surface area contributed by atoms with Crippen molar-refractivity contribution < 1.29 is 0 Å². The SMILES string of the molecule is CC(NCC(C)(C)N(C)C)c1ccc(Cl)cc1. The van der Waals surface area contributed by atoms with E-state index in [2.05, 4.69) is 57.2 Å². The third kappa shape index (κ3) is 4.30. The highest BCUT2D eigenvalue weighted by atomic mass is 35.5. The van der Waals surface area contributed by atoms with Gasteiger partial charge in [-0.15, -0.1) is 0 Å². The van der Waals surface area contributed by atoms with E-state index >= 15 is 0 Å². The first-order valence-corrected chi connectivity index (χ1v) is 6.37. The van der Waals surface area contributed by atoms with Crippen molar-refractivity contribution in [3.8, 4) is 0 Å². The zero-order chi connectivity index (χ0) is 13.1. The van der Waals surface area contributed by atoms with Crippen LogP contribution < -0.4 is 5.32 Å². The molecule has 0 amide bonds. The summed E-state index contributed by atoms with van der Waals surface area (Å²) in [5, 5.41) is 4.34. The van der Waals surface area contributed by atoms with E-state index in [0.29, 0.717) is 6.04 Å². The van der Waals surface area contributed by atoms with Crippen LogP contribution in [0.5, 0.6) is 0 Å². The van der Waals surface area contributed by atoms with Gasteiger partial charge >= 0.3 is 0 Å². The highest BCUT2D eigenvalue weighted by molar-refractivity contribution is 6.30. The van der Waals surface area contributed by atoms with E-state index in [0.717, 1.165) is 11.6 Å². The maximum absolute atomic E-state index is 5.88. The molecule has 1 aromatic rings. The van der Waals surface area contributed by atoms with Crippen LogP contribution in [0, 0.1) is 0 Å². The Balaban J connectivity index is 2.55. The molecule has 1 rings (SSSR count). The van der Waals surface area contributed by atoms with Gasteiger partial charge in [0.2, 0.25) is 0 Å². The average molecular weight is 255 g/mol. The van der Waals surface area contributed by atoms with Crippen molar-refractivity contribution in [3.63, 3.8) is 0 Å². The van der Waals surface area contributed by atoms with Gasteiger partial charge in [-0.2, -0.15) is 0 Å². The number of benzene rings is 1. The first-order valence-electron chi connectivity index (χ1n) is 5.99. The van der Waals surface area contributed by atoms with Crippen molar-refractivity contribution in [1.82, 2.24) is 10.2 Å². The molecule has 1 aromatic carbocycles. The van der Waals surface area contributed by atoms with Gasteiger partial charge in [0.05, 0.1) is 0 Å². The second-order valence-corrected chi connectivity index (χ2v) is 5.80. The van der Waals surface area contributed by atoms with Gasteiger partial charge < -0.3 is 10.2 Å². The lowest BCUT2D eigenvalue weighted by molar-refractivity contribution is 0.185. The fraction of sp³-hybridized carbons (Fsp3) is 0.571. The summed E-state index contributed by atoms with van der Waals surface area (Å²) in [7, 11) is 4.21. The van der Waals surface area contributed by atoms with E-state index in [-0.39, 0.29) is 5.54 Å². The molecule has 0 fully saturated rings. The van der Waals surface area contributed by atoms with Gasteiger partial charge in [-0.25, -0.2) is 0 Å². The number of likely N-dealkylation sites (N-methyl/N-ethyl adjacent to an activating group) is 1. The van der Waals surface area contributed by atoms with Gasteiger partial charge in [0, 0.05) is 23.1 Å². The largest absolute Gasteiger partial charge is 0.308 e. The van der Waals surface area contributed by atoms with E-state index in [4.69, 9.17) is 11.6 Å². The van der Waals surface area contributed by atoms with Crippen LogP contribution in [-0.2, 0) is 0 Å². The molecule has 1 N–H and O–H groups in total. The topological polar surface area (TPSA) is 15.3 Å². The Hall–Kier alpha value is -0.570. The van der Waals surface area contributed by atoms with Crippen LogP contribution in [0.2, 0.25) is 5.02 Å². The summed E-state index contributed by atoms with van der Waals surface area (Å²) in [5.41, 5.74) is 1.42. The fourth-order valence-corrected chi connectivity index (χ4v) is 1.56. The predicted octanol–water partition coefficient (Wildman–Crippen LogP) is 3.33. The molecule has 96 valence electrons. The number of hydrogen-bond acceptors (Lipinski definition) is 2. The van der Waals surface area contributed by atoms with E-state index in [1.165, 1.54) is 5.56 Å². The standard InChI is InChI=1S/C14H23ClN2/c1-11(12-6-8-13(15)9-7-12)16-10-14(2,3)17(4)5/h6-9,11,16H,10H2,1-5H3. The lowest BCUT2D eigenvalue weighted by Gasteiger charge is -2.34. The molecule has 0 aromatic heterocycles. The fourth-order valence-electron chi connectivity index (χ4n) is 1.43. The van der Waals surface area contributed by atoms with Gasteiger partial charge in [-0.3, -0.25) is 0 Å². The van der Waals surface area contributed by atoms with Gasteiger partial charge in [0.1, 0.15) is 0 Å². The summed E-state index contributed by atoms with van der Waals surface area (Å²) < 4.78 is 0. The summed E-state index contributed by atoms with van der Waals surface area (Å²) in [6, 6.07) is 8.36. The molecule has 0 saturated heterocycles. The van der Waals surface area contributed by atoms with Crippen molar-refractivity contribution in [1.29, 1.82) is 0 Å². The lowest BCUT2D eigenvalue weighted by atomic mass is 10.0. The van der Waals surface area contributed by atoms with Crippen LogP contribution in [0.25, 0.3) is 0 Å². The van der Waals surface area contributed by atoms with E-state index in [1.54, 1.807) is 0 Å². The molecule has 0 bridgehead atoms. The highest BCUT2D eigenvalue weighted by Gasteiger charge is 2.20. The van der Waals surface area contributed by atoms with Crippen LogP contribution in [0.15, 0.2) is 24.3 Å². The normalized spacial score (nSPS) is 14.1. The molecule has 0 heterocycles. The smallest absolute Gasteiger partial charge is 0.0406 e. The number of rotatable bonds is 5. The Bertz CT molecular complexity index is 344. The number of hydrogen-bond donors (Lipinski definition) is 1. The second kappa shape index (κ2) is 5.85. The molecule has 17 heavy (non-hydrogen) atoms. The summed E-state index contributed by atoms with van der Waals surface area (Å²) >= 11 is 5.88. The molecule has 0 aliphatic heterocycles. The van der Waals surface area contributed by atoms with Crippen molar-refractivity contribution >= 4 is 11.6 Å². The van der Waals surface area contributed by atoms with Crippen molar-refractivity contribution in [2.75, 3.05) is 20.6 Å². The molecular formula is C14H23ClN2. The van der Waals surface area contributed by atoms with Crippen LogP contribution in [0.1, 0.15) is 32.4 Å². The zero-order valence-corrected chi connectivity index (χ0v) is 12.2. The van der Waals surface area contributed by atoms with Crippen LogP contribution in [0.3, 0.4) is 0 Å². The first-order chi connectivity index (χ1) is 7.83. The molecule has 1 atom stereocenters. The number of nitrogens with one attached hydrogen (secondary N) is 1. The van der Waals surface area contributed by atoms with Gasteiger partial charge in [0.25, 0.3) is 0 Å². The Morgan fingerprint density at radius 2 is 1.76 bits per heavy atom. The molecule has 0 aliphatic rings. The quantitative estimate of drug-likeness (QED) is 0.867. The summed E-state index contributed by atoms with van der Waals surface area (Å²) in [6.07, 6.45) is 0. The van der Waals surface area contributed by atoms with Gasteiger partial charge in [-0.05, 0) is 52.6 Å². The highest BCUT2D eigenvalue weighted by Crippen LogP contribution is 2.17. The second-order valence-electron chi connectivity index (χ2n) is 5.36. The van der Waals surface area contributed by atoms with E-state index < -0.39 is 0 Å². The Morgan fingerprint density at radius 1 is 1.24 bits per heavy atom. The zero-order valence-electron chi connectivity index (χ0n) is 11.4. The molecule has 2 nitrogen and oxygen atoms in total. The Morgan fingerprint density at radius 3 is 2.24 bits per heavy atom. The maximum atomic E-state index is 5.88. The molecule has 0 saturated carbocycles. The monoisotopic (exact) mass is 254 g/mol. The minimum absolute atomic E-state index is 0.153. The molecular weight excluding hydrogens is 232 g/mol. The van der Waals surface area contributed by atoms with E-state index in [1.807, 2.05) is 12.1 Å². The van der Waals surface area contributed by atoms with Crippen LogP contribution in [-0.4, -0.2) is 31.1 Å². The third-order valence-electron chi connectivity index (χ3n) is 3.42. The Labute approximate surface area is 110 Å². The number of nitrogens with zero attached hydrogens (tertiary/aromatic N) is 1. The van der Waals surface area contributed by atoms with Crippen LogP contribution >= 0.6 is 11.6 Å². The molecule has 3 heteroatoms. The average Bonchev–Trinajstić information content (AvgIpc) is 2.27. The van der Waals surface area contributed by atoms with Crippen molar-refractivity contribution in [2.45, 2.75) is 32.4 Å². The summed E-state index contributed by atoms with van der Waals surface area (Å²) in [5.74, 6) is 0. The van der Waals surface area contributed by atoms with Crippen molar-refractivity contribution in [3.05, 3.63) is 34.9 Å². The third-order valence-corrected chi connectivity index (χ3v) is 3.67. The predicted molar refractivity (Wildman–Crippen MR) is 75.6 cm³/mol. The lowest BCUT2D eigenvalue weighted by Crippen LogP contribution is -2.47.